The van der Waals surface area contributed by atoms with Crippen LogP contribution < -0.4 is 0 Å². The quantitative estimate of drug-likeness (QED) is 0.746. The fourth-order valence-corrected chi connectivity index (χ4v) is 2.57. The minimum atomic E-state index is -0.734. The molecule has 0 spiro atoms. The predicted molar refractivity (Wildman–Crippen MR) is 76.5 cm³/mol. The summed E-state index contributed by atoms with van der Waals surface area (Å²) in [6.45, 7) is 1.86. The lowest BCUT2D eigenvalue weighted by atomic mass is 9.99. The first-order valence-electron chi connectivity index (χ1n) is 6.08. The number of hydrogen-bond acceptors (Lipinski definition) is 2. The van der Waals surface area contributed by atoms with Crippen LogP contribution >= 0.6 is 11.6 Å². The summed E-state index contributed by atoms with van der Waals surface area (Å²) in [6.07, 6.45) is -0.734. The first kappa shape index (κ1) is 12.3. The fraction of sp³-hybridized carbons (Fsp3) is 0.125. The Hall–Kier alpha value is -1.77. The maximum absolute atomic E-state index is 10.6. The number of hydrogen-bond donors (Lipinski definition) is 1. The van der Waals surface area contributed by atoms with Crippen LogP contribution in [0.1, 0.15) is 23.0 Å². The van der Waals surface area contributed by atoms with E-state index in [-0.39, 0.29) is 0 Å². The van der Waals surface area contributed by atoms with Crippen LogP contribution in [0.3, 0.4) is 0 Å². The van der Waals surface area contributed by atoms with Crippen LogP contribution in [0.4, 0.5) is 0 Å². The molecule has 1 aromatic heterocycles. The predicted octanol–water partition coefficient (Wildman–Crippen LogP) is 4.48. The smallest absolute Gasteiger partial charge is 0.134 e. The van der Waals surface area contributed by atoms with Gasteiger partial charge in [-0.25, -0.2) is 0 Å². The van der Waals surface area contributed by atoms with Crippen LogP contribution in [0.2, 0.25) is 5.02 Å². The van der Waals surface area contributed by atoms with Gasteiger partial charge in [-0.05, 0) is 30.7 Å². The topological polar surface area (TPSA) is 33.4 Å². The molecule has 3 heteroatoms. The van der Waals surface area contributed by atoms with Gasteiger partial charge in [0.15, 0.2) is 0 Å². The second-order valence-corrected chi connectivity index (χ2v) is 4.96. The van der Waals surface area contributed by atoms with Gasteiger partial charge < -0.3 is 9.52 Å². The van der Waals surface area contributed by atoms with E-state index in [1.165, 1.54) is 0 Å². The lowest BCUT2D eigenvalue weighted by Crippen LogP contribution is -2.00. The standard InChI is InChI=1S/C16H13ClO2/c1-10-15(13-7-2-3-8-14(13)19-10)16(18)11-5-4-6-12(17)9-11/h2-9,16,18H,1H3. The lowest BCUT2D eigenvalue weighted by Gasteiger charge is -2.11. The summed E-state index contributed by atoms with van der Waals surface area (Å²) in [6, 6.07) is 15.0. The summed E-state index contributed by atoms with van der Waals surface area (Å²) in [5.74, 6) is 0.730. The van der Waals surface area contributed by atoms with Crippen molar-refractivity contribution in [1.82, 2.24) is 0 Å². The van der Waals surface area contributed by atoms with E-state index in [1.54, 1.807) is 12.1 Å². The summed E-state index contributed by atoms with van der Waals surface area (Å²) in [5.41, 5.74) is 2.36. The van der Waals surface area contributed by atoms with Gasteiger partial charge in [0.25, 0.3) is 0 Å². The molecule has 2 nitrogen and oxygen atoms in total. The molecule has 0 amide bonds. The van der Waals surface area contributed by atoms with Gasteiger partial charge in [0, 0.05) is 16.0 Å². The summed E-state index contributed by atoms with van der Waals surface area (Å²) < 4.78 is 5.68. The first-order valence-corrected chi connectivity index (χ1v) is 6.46. The molecule has 2 aromatic carbocycles. The molecule has 1 N–H and O–H groups in total. The van der Waals surface area contributed by atoms with Crippen molar-refractivity contribution in [2.24, 2.45) is 0 Å². The van der Waals surface area contributed by atoms with Gasteiger partial charge in [0.1, 0.15) is 17.4 Å². The highest BCUT2D eigenvalue weighted by atomic mass is 35.5. The van der Waals surface area contributed by atoms with Crippen molar-refractivity contribution in [3.05, 3.63) is 70.4 Å². The number of halogens is 1. The molecular formula is C16H13ClO2. The molecule has 0 aliphatic rings. The molecule has 19 heavy (non-hydrogen) atoms. The molecule has 0 radical (unpaired) electrons. The second-order valence-electron chi connectivity index (χ2n) is 4.53. The van der Waals surface area contributed by atoms with Gasteiger partial charge in [-0.2, -0.15) is 0 Å². The third kappa shape index (κ3) is 2.14. The van der Waals surface area contributed by atoms with Crippen molar-refractivity contribution in [3.63, 3.8) is 0 Å². The number of rotatable bonds is 2. The van der Waals surface area contributed by atoms with Crippen molar-refractivity contribution in [2.75, 3.05) is 0 Å². The van der Waals surface area contributed by atoms with E-state index in [1.807, 2.05) is 43.3 Å². The summed E-state index contributed by atoms with van der Waals surface area (Å²) >= 11 is 5.97. The zero-order valence-electron chi connectivity index (χ0n) is 10.4. The van der Waals surface area contributed by atoms with Crippen LogP contribution in [-0.2, 0) is 0 Å². The van der Waals surface area contributed by atoms with Crippen LogP contribution in [0.5, 0.6) is 0 Å². The largest absolute Gasteiger partial charge is 0.461 e. The van der Waals surface area contributed by atoms with E-state index in [0.717, 1.165) is 27.9 Å². The number of fused-ring (bicyclic) bond motifs is 1. The third-order valence-electron chi connectivity index (χ3n) is 3.26. The Balaban J connectivity index is 2.16. The molecule has 0 saturated heterocycles. The molecule has 96 valence electrons. The van der Waals surface area contributed by atoms with Crippen LogP contribution in [0.15, 0.2) is 52.9 Å². The maximum atomic E-state index is 10.6. The van der Waals surface area contributed by atoms with Gasteiger partial charge in [-0.3, -0.25) is 0 Å². The van der Waals surface area contributed by atoms with Crippen LogP contribution in [0, 0.1) is 6.92 Å². The van der Waals surface area contributed by atoms with Gasteiger partial charge in [0.2, 0.25) is 0 Å². The normalized spacial score (nSPS) is 12.8. The number of para-hydroxylation sites is 1. The highest BCUT2D eigenvalue weighted by molar-refractivity contribution is 6.30. The molecule has 0 aliphatic heterocycles. The molecule has 0 bridgehead atoms. The Bertz CT molecular complexity index is 730. The third-order valence-corrected chi connectivity index (χ3v) is 3.49. The molecular weight excluding hydrogens is 260 g/mol. The van der Waals surface area contributed by atoms with E-state index in [2.05, 4.69) is 0 Å². The van der Waals surface area contributed by atoms with Crippen molar-refractivity contribution in [2.45, 2.75) is 13.0 Å². The number of furan rings is 1. The Morgan fingerprint density at radius 2 is 1.89 bits per heavy atom. The Morgan fingerprint density at radius 3 is 2.68 bits per heavy atom. The van der Waals surface area contributed by atoms with Crippen LogP contribution in [0.25, 0.3) is 11.0 Å². The van der Waals surface area contributed by atoms with Crippen molar-refractivity contribution in [3.8, 4) is 0 Å². The fourth-order valence-electron chi connectivity index (χ4n) is 2.37. The molecule has 3 rings (SSSR count). The highest BCUT2D eigenvalue weighted by Crippen LogP contribution is 2.34. The van der Waals surface area contributed by atoms with Crippen LogP contribution in [-0.4, -0.2) is 5.11 Å². The van der Waals surface area contributed by atoms with E-state index < -0.39 is 6.10 Å². The summed E-state index contributed by atoms with van der Waals surface area (Å²) in [5, 5.41) is 12.1. The molecule has 1 atom stereocenters. The Kier molecular flexibility index (Phi) is 3.05. The van der Waals surface area contributed by atoms with E-state index >= 15 is 0 Å². The lowest BCUT2D eigenvalue weighted by molar-refractivity contribution is 0.219. The van der Waals surface area contributed by atoms with Crippen molar-refractivity contribution >= 4 is 22.6 Å². The molecule has 0 saturated carbocycles. The molecule has 0 fully saturated rings. The minimum absolute atomic E-state index is 0.613. The average molecular weight is 273 g/mol. The number of aryl methyl sites for hydroxylation is 1. The van der Waals surface area contributed by atoms with E-state index in [4.69, 9.17) is 16.0 Å². The van der Waals surface area contributed by atoms with Crippen molar-refractivity contribution in [1.29, 1.82) is 0 Å². The van der Waals surface area contributed by atoms with Gasteiger partial charge in [-0.15, -0.1) is 0 Å². The Morgan fingerprint density at radius 1 is 1.11 bits per heavy atom. The average Bonchev–Trinajstić information content (AvgIpc) is 2.74. The van der Waals surface area contributed by atoms with Gasteiger partial charge >= 0.3 is 0 Å². The van der Waals surface area contributed by atoms with E-state index in [0.29, 0.717) is 5.02 Å². The first-order chi connectivity index (χ1) is 9.16. The second kappa shape index (κ2) is 4.72. The number of aliphatic hydroxyl groups is 1. The number of benzene rings is 2. The zero-order chi connectivity index (χ0) is 13.4. The monoisotopic (exact) mass is 272 g/mol. The Labute approximate surface area is 116 Å². The summed E-state index contributed by atoms with van der Waals surface area (Å²) in [7, 11) is 0. The molecule has 0 aliphatic carbocycles. The molecule has 3 aromatic rings. The molecule has 1 unspecified atom stereocenters. The van der Waals surface area contributed by atoms with E-state index in [9.17, 15) is 5.11 Å². The van der Waals surface area contributed by atoms with Gasteiger partial charge in [0.05, 0.1) is 0 Å². The van der Waals surface area contributed by atoms with Gasteiger partial charge in [-0.1, -0.05) is 41.9 Å². The SMILES string of the molecule is Cc1oc2ccccc2c1C(O)c1cccc(Cl)c1. The minimum Gasteiger partial charge on any atom is -0.461 e. The summed E-state index contributed by atoms with van der Waals surface area (Å²) in [4.78, 5) is 0. The highest BCUT2D eigenvalue weighted by Gasteiger charge is 2.19. The zero-order valence-corrected chi connectivity index (χ0v) is 11.2. The maximum Gasteiger partial charge on any atom is 0.134 e. The van der Waals surface area contributed by atoms with Crippen molar-refractivity contribution < 1.29 is 9.52 Å². The molecule has 1 heterocycles. The number of aliphatic hydroxyl groups excluding tert-OH is 1.